The molecule has 0 radical (unpaired) electrons. The molecule has 4 amide bonds. The van der Waals surface area contributed by atoms with Crippen LogP contribution in [0.1, 0.15) is 107 Å². The predicted molar refractivity (Wildman–Crippen MR) is 294 cm³/mol. The van der Waals surface area contributed by atoms with Crippen LogP contribution in [0.4, 0.5) is 5.82 Å². The van der Waals surface area contributed by atoms with Gasteiger partial charge in [-0.2, -0.15) is 5.26 Å². The first kappa shape index (κ1) is 56.2. The van der Waals surface area contributed by atoms with E-state index in [1.165, 1.54) is 4.90 Å². The third-order valence-electron chi connectivity index (χ3n) is 16.1. The van der Waals surface area contributed by atoms with Crippen molar-refractivity contribution in [2.75, 3.05) is 83.4 Å². The number of aliphatic hydroxyl groups excluding tert-OH is 1. The molecule has 1 aromatic carbocycles. The van der Waals surface area contributed by atoms with Crippen molar-refractivity contribution in [1.29, 1.82) is 5.26 Å². The third-order valence-corrected chi connectivity index (χ3v) is 17.1. The fourth-order valence-corrected chi connectivity index (χ4v) is 12.7. The van der Waals surface area contributed by atoms with E-state index in [9.17, 15) is 29.5 Å². The fourth-order valence-electron chi connectivity index (χ4n) is 11.9. The van der Waals surface area contributed by atoms with Crippen LogP contribution in [-0.4, -0.2) is 172 Å². The van der Waals surface area contributed by atoms with Gasteiger partial charge in [0.25, 0.3) is 5.91 Å². The Bertz CT molecular complexity index is 2720. The Labute approximate surface area is 452 Å². The van der Waals surface area contributed by atoms with Crippen molar-refractivity contribution in [3.05, 3.63) is 88.3 Å². The molecule has 19 heteroatoms. The highest BCUT2D eigenvalue weighted by Crippen LogP contribution is 2.55. The summed E-state index contributed by atoms with van der Waals surface area (Å²) in [7, 11) is 0. The molecular formula is C57H78N12O6S. The lowest BCUT2D eigenvalue weighted by Gasteiger charge is -2.62. The van der Waals surface area contributed by atoms with E-state index in [0.717, 1.165) is 99.4 Å². The van der Waals surface area contributed by atoms with E-state index in [1.807, 2.05) is 76.5 Å². The van der Waals surface area contributed by atoms with Crippen LogP contribution in [-0.2, 0) is 14.4 Å². The molecule has 0 bridgehead atoms. The van der Waals surface area contributed by atoms with Gasteiger partial charge in [0.05, 0.1) is 51.6 Å². The van der Waals surface area contributed by atoms with Crippen LogP contribution in [0.15, 0.2) is 60.2 Å². The molecule has 3 aromatic heterocycles. The molecule has 18 nitrogen and oxygen atoms in total. The summed E-state index contributed by atoms with van der Waals surface area (Å²) in [6.45, 7) is 28.6. The van der Waals surface area contributed by atoms with Gasteiger partial charge in [-0.1, -0.05) is 72.7 Å². The maximum absolute atomic E-state index is 14.3. The topological polar surface area (TPSA) is 212 Å². The van der Waals surface area contributed by atoms with Crippen molar-refractivity contribution >= 4 is 40.8 Å². The van der Waals surface area contributed by atoms with E-state index in [2.05, 4.69) is 79.3 Å². The number of piperazine rings is 2. The Morgan fingerprint density at radius 2 is 1.50 bits per heavy atom. The molecule has 4 atom stereocenters. The van der Waals surface area contributed by atoms with Gasteiger partial charge < -0.3 is 40.5 Å². The number of nitrogens with zero attached hydrogens (tertiary/aromatic N) is 9. The lowest BCUT2D eigenvalue weighted by molar-refractivity contribution is -0.165. The fraction of sp³-hybridized carbons (Fsp3) is 0.579. The Hall–Kier alpha value is -6.04. The van der Waals surface area contributed by atoms with Crippen molar-refractivity contribution in [1.82, 2.24) is 50.5 Å². The van der Waals surface area contributed by atoms with Crippen molar-refractivity contribution in [2.45, 2.75) is 118 Å². The summed E-state index contributed by atoms with van der Waals surface area (Å²) in [5, 5.41) is 29.4. The minimum atomic E-state index is -0.889. The average Bonchev–Trinajstić information content (AvgIpc) is 4.01. The maximum Gasteiger partial charge on any atom is 0.253 e. The van der Waals surface area contributed by atoms with Crippen LogP contribution in [0.3, 0.4) is 0 Å². The molecule has 6 heterocycles. The van der Waals surface area contributed by atoms with Gasteiger partial charge in [0.1, 0.15) is 30.1 Å². The van der Waals surface area contributed by atoms with Gasteiger partial charge in [-0.15, -0.1) is 11.3 Å². The Kier molecular flexibility index (Phi) is 17.2. The van der Waals surface area contributed by atoms with E-state index in [4.69, 9.17) is 9.72 Å². The van der Waals surface area contributed by atoms with Gasteiger partial charge in [-0.05, 0) is 75.0 Å². The quantitative estimate of drug-likeness (QED) is 0.107. The number of aromatic nitrogens is 3. The summed E-state index contributed by atoms with van der Waals surface area (Å²) in [5.41, 5.74) is 5.03. The van der Waals surface area contributed by atoms with E-state index in [0.29, 0.717) is 22.7 Å². The molecule has 4 fully saturated rings. The number of β-amino-alcohol motifs (C(OH)–C–C–N with tert-alkyl or cyclic N) is 1. The zero-order valence-electron chi connectivity index (χ0n) is 46.1. The standard InChI is InChI=1S/C57H78N12O6S/c1-36(39-12-14-40(15-13-39)48-38(3)60-35-76-48)62-51(73)44-30-43(70)33-69(44)52(74)49(55(4,5)6)63-46(71)34-67-24-22-65(23-25-67)20-11-21-66-26-28-68(29-27-66)45-18-16-42(32-59-45)50(72)64-53-56(7,8)54(57(53,9)10)75-47-19-17-41(31-58)37(2)61-47/h12-19,32,35-36,43-44,49,53-54,70H,11,20-30,33-34H2,1-10H3,(H,62,73)(H,63,71)(H,64,72)/t36-,43+,44-,49?,53?,54?/m0/s1. The smallest absolute Gasteiger partial charge is 0.253 e. The minimum absolute atomic E-state index is 0.0181. The Morgan fingerprint density at radius 3 is 2.08 bits per heavy atom. The number of hydrogen-bond donors (Lipinski definition) is 4. The highest BCUT2D eigenvalue weighted by Gasteiger charge is 2.64. The van der Waals surface area contributed by atoms with Crippen LogP contribution < -0.4 is 25.6 Å². The molecule has 1 unspecified atom stereocenters. The number of benzene rings is 1. The van der Waals surface area contributed by atoms with E-state index < -0.39 is 23.6 Å². The van der Waals surface area contributed by atoms with Crippen molar-refractivity contribution in [3.8, 4) is 22.4 Å². The van der Waals surface area contributed by atoms with E-state index in [1.54, 1.807) is 36.6 Å². The molecule has 3 aliphatic heterocycles. The molecule has 76 heavy (non-hydrogen) atoms. The highest BCUT2D eigenvalue weighted by molar-refractivity contribution is 7.13. The number of nitrogens with one attached hydrogen (secondary N) is 3. The second kappa shape index (κ2) is 23.3. The number of amides is 4. The minimum Gasteiger partial charge on any atom is -0.473 e. The largest absolute Gasteiger partial charge is 0.473 e. The predicted octanol–water partition coefficient (Wildman–Crippen LogP) is 5.20. The molecule has 4 aromatic rings. The molecule has 4 N–H and O–H groups in total. The van der Waals surface area contributed by atoms with Gasteiger partial charge in [-0.25, -0.2) is 15.0 Å². The maximum atomic E-state index is 14.3. The Balaban J connectivity index is 0.728. The summed E-state index contributed by atoms with van der Waals surface area (Å²) in [6.07, 6.45) is 1.77. The number of rotatable bonds is 17. The van der Waals surface area contributed by atoms with Gasteiger partial charge in [0.15, 0.2) is 0 Å². The monoisotopic (exact) mass is 1060 g/mol. The van der Waals surface area contributed by atoms with E-state index >= 15 is 0 Å². The van der Waals surface area contributed by atoms with Crippen molar-refractivity contribution in [2.24, 2.45) is 16.2 Å². The van der Waals surface area contributed by atoms with Crippen LogP contribution in [0.5, 0.6) is 5.88 Å². The lowest BCUT2D eigenvalue weighted by atomic mass is 9.49. The number of hydrogen-bond acceptors (Lipinski definition) is 15. The van der Waals surface area contributed by atoms with Gasteiger partial charge in [0, 0.05) is 94.5 Å². The van der Waals surface area contributed by atoms with E-state index in [-0.39, 0.29) is 72.2 Å². The second-order valence-electron chi connectivity index (χ2n) is 23.5. The van der Waals surface area contributed by atoms with Gasteiger partial charge in [0.2, 0.25) is 23.6 Å². The summed E-state index contributed by atoms with van der Waals surface area (Å²) in [5.74, 6) is 0.212. The molecular weight excluding hydrogens is 981 g/mol. The third kappa shape index (κ3) is 12.7. The lowest BCUT2D eigenvalue weighted by Crippen LogP contribution is -2.74. The van der Waals surface area contributed by atoms with Crippen LogP contribution in [0.2, 0.25) is 0 Å². The first-order valence-electron chi connectivity index (χ1n) is 26.9. The van der Waals surface area contributed by atoms with Gasteiger partial charge >= 0.3 is 0 Å². The highest BCUT2D eigenvalue weighted by atomic mass is 32.1. The number of thiazole rings is 1. The van der Waals surface area contributed by atoms with Crippen molar-refractivity contribution < 1.29 is 29.0 Å². The first-order chi connectivity index (χ1) is 36.0. The SMILES string of the molecule is Cc1nc(OC2C(C)(C)C(NC(=O)c3ccc(N4CCN(CCCN5CCN(CC(=O)NC(C(=O)N6C[C@H](O)C[C@H]6C(=O)N[C@@H](C)c6ccc(-c7scnc7C)cc6)C(C)(C)C)CC5)CC4)nc3)C2(C)C)ccc1C#N. The molecule has 0 spiro atoms. The number of likely N-dealkylation sites (tertiary alicyclic amines) is 1. The number of aliphatic hydroxyl groups is 1. The number of carbonyl (C=O) groups is 4. The van der Waals surface area contributed by atoms with Crippen LogP contribution in [0.25, 0.3) is 10.4 Å². The summed E-state index contributed by atoms with van der Waals surface area (Å²) in [4.78, 5) is 80.6. The second-order valence-corrected chi connectivity index (χ2v) is 24.4. The Morgan fingerprint density at radius 1 is 0.855 bits per heavy atom. The summed E-state index contributed by atoms with van der Waals surface area (Å²) >= 11 is 1.59. The number of nitriles is 1. The number of carbonyl (C=O) groups excluding carboxylic acids is 4. The number of aryl methyl sites for hydroxylation is 2. The van der Waals surface area contributed by atoms with Crippen LogP contribution in [0, 0.1) is 41.4 Å². The number of anilines is 1. The summed E-state index contributed by atoms with van der Waals surface area (Å²) in [6, 6.07) is 15.2. The number of pyridine rings is 2. The zero-order chi connectivity index (χ0) is 54.7. The van der Waals surface area contributed by atoms with Crippen molar-refractivity contribution in [3.63, 3.8) is 0 Å². The summed E-state index contributed by atoms with van der Waals surface area (Å²) < 4.78 is 6.36. The molecule has 1 aliphatic carbocycles. The molecule has 8 rings (SSSR count). The zero-order valence-corrected chi connectivity index (χ0v) is 46.9. The number of ether oxygens (including phenoxy) is 1. The molecule has 408 valence electrons. The molecule has 4 aliphatic rings. The average molecular weight is 1060 g/mol. The molecule has 3 saturated heterocycles. The molecule has 1 saturated carbocycles. The van der Waals surface area contributed by atoms with Crippen LogP contribution >= 0.6 is 11.3 Å². The normalized spacial score (nSPS) is 22.7. The first-order valence-corrected chi connectivity index (χ1v) is 27.7. The van der Waals surface area contributed by atoms with Gasteiger partial charge in [-0.3, -0.25) is 29.0 Å².